The summed E-state index contributed by atoms with van der Waals surface area (Å²) in [5.41, 5.74) is 0. The third-order valence-corrected chi connectivity index (χ3v) is 3.59. The molecule has 0 bridgehead atoms. The van der Waals surface area contributed by atoms with Gasteiger partial charge in [0, 0.05) is 25.7 Å². The maximum absolute atomic E-state index is 11.7. The fourth-order valence-corrected chi connectivity index (χ4v) is 2.38. The predicted molar refractivity (Wildman–Crippen MR) is 95.1 cm³/mol. The smallest absolute Gasteiger partial charge is 0.220 e. The molecule has 0 aromatic carbocycles. The molecule has 126 valence electrons. The molecule has 1 aliphatic heterocycles. The molecular formula is C15H26Cl2N4O. The number of pyridine rings is 1. The van der Waals surface area contributed by atoms with Gasteiger partial charge in [-0.2, -0.15) is 0 Å². The van der Waals surface area contributed by atoms with Gasteiger partial charge in [-0.15, -0.1) is 24.8 Å². The van der Waals surface area contributed by atoms with E-state index >= 15 is 0 Å². The van der Waals surface area contributed by atoms with E-state index in [0.29, 0.717) is 12.3 Å². The lowest BCUT2D eigenvalue weighted by Gasteiger charge is -2.09. The van der Waals surface area contributed by atoms with Crippen molar-refractivity contribution in [2.45, 2.75) is 25.7 Å². The molecule has 0 saturated carbocycles. The van der Waals surface area contributed by atoms with Gasteiger partial charge in [0.1, 0.15) is 5.82 Å². The maximum Gasteiger partial charge on any atom is 0.220 e. The van der Waals surface area contributed by atoms with Gasteiger partial charge >= 0.3 is 0 Å². The Morgan fingerprint density at radius 3 is 2.86 bits per heavy atom. The van der Waals surface area contributed by atoms with Gasteiger partial charge in [-0.25, -0.2) is 4.98 Å². The number of nitrogens with zero attached hydrogens (tertiary/aromatic N) is 1. The van der Waals surface area contributed by atoms with E-state index in [0.717, 1.165) is 44.8 Å². The maximum atomic E-state index is 11.7. The Bertz CT molecular complexity index is 400. The minimum absolute atomic E-state index is 0. The number of hydrogen-bond donors (Lipinski definition) is 3. The highest BCUT2D eigenvalue weighted by Crippen LogP contribution is 2.13. The molecule has 1 aromatic rings. The van der Waals surface area contributed by atoms with Crippen LogP contribution in [0.5, 0.6) is 0 Å². The lowest BCUT2D eigenvalue weighted by Crippen LogP contribution is -2.26. The van der Waals surface area contributed by atoms with Crippen LogP contribution in [-0.2, 0) is 4.79 Å². The van der Waals surface area contributed by atoms with E-state index in [1.165, 1.54) is 6.42 Å². The molecule has 22 heavy (non-hydrogen) atoms. The van der Waals surface area contributed by atoms with Crippen molar-refractivity contribution < 1.29 is 4.79 Å². The van der Waals surface area contributed by atoms with Crippen LogP contribution in [0.2, 0.25) is 0 Å². The number of hydrogen-bond acceptors (Lipinski definition) is 4. The molecule has 0 spiro atoms. The van der Waals surface area contributed by atoms with E-state index in [1.807, 2.05) is 18.2 Å². The summed E-state index contributed by atoms with van der Waals surface area (Å²) < 4.78 is 0. The zero-order valence-corrected chi connectivity index (χ0v) is 14.3. The van der Waals surface area contributed by atoms with E-state index in [1.54, 1.807) is 6.20 Å². The summed E-state index contributed by atoms with van der Waals surface area (Å²) in [6.07, 6.45) is 5.54. The summed E-state index contributed by atoms with van der Waals surface area (Å²) in [5, 5.41) is 9.52. The standard InChI is InChI=1S/C15H24N4O.2ClH/c20-15(6-5-13-7-11-16-12-13)19-10-3-9-18-14-4-1-2-8-17-14;;/h1-2,4,8,13,16H,3,5-7,9-12H2,(H,17,18)(H,19,20);2*1H. The topological polar surface area (TPSA) is 66.1 Å². The minimum atomic E-state index is 0. The lowest BCUT2D eigenvalue weighted by molar-refractivity contribution is -0.121. The third kappa shape index (κ3) is 8.41. The second kappa shape index (κ2) is 12.5. The molecule has 1 aliphatic rings. The Morgan fingerprint density at radius 2 is 2.18 bits per heavy atom. The molecule has 5 nitrogen and oxygen atoms in total. The average Bonchev–Trinajstić information content (AvgIpc) is 2.99. The zero-order chi connectivity index (χ0) is 14.0. The fourth-order valence-electron chi connectivity index (χ4n) is 2.38. The highest BCUT2D eigenvalue weighted by molar-refractivity contribution is 5.85. The van der Waals surface area contributed by atoms with Crippen LogP contribution in [0.3, 0.4) is 0 Å². The Labute approximate surface area is 144 Å². The summed E-state index contributed by atoms with van der Waals surface area (Å²) in [6, 6.07) is 5.79. The molecule has 0 radical (unpaired) electrons. The van der Waals surface area contributed by atoms with E-state index in [4.69, 9.17) is 0 Å². The number of halogens is 2. The first-order valence-corrected chi connectivity index (χ1v) is 7.47. The fraction of sp³-hybridized carbons (Fsp3) is 0.600. The summed E-state index contributed by atoms with van der Waals surface area (Å²) in [7, 11) is 0. The molecule has 1 aromatic heterocycles. The van der Waals surface area contributed by atoms with Crippen molar-refractivity contribution in [3.8, 4) is 0 Å². The summed E-state index contributed by atoms with van der Waals surface area (Å²) in [4.78, 5) is 15.8. The Hall–Kier alpha value is -1.04. The van der Waals surface area contributed by atoms with Gasteiger partial charge in [-0.1, -0.05) is 6.07 Å². The normalized spacial score (nSPS) is 16.3. The van der Waals surface area contributed by atoms with E-state index < -0.39 is 0 Å². The number of anilines is 1. The zero-order valence-electron chi connectivity index (χ0n) is 12.7. The van der Waals surface area contributed by atoms with Gasteiger partial charge in [0.05, 0.1) is 0 Å². The Morgan fingerprint density at radius 1 is 1.32 bits per heavy atom. The van der Waals surface area contributed by atoms with Gasteiger partial charge in [0.15, 0.2) is 0 Å². The van der Waals surface area contributed by atoms with E-state index in [9.17, 15) is 4.79 Å². The second-order valence-corrected chi connectivity index (χ2v) is 5.24. The first kappa shape index (κ1) is 21.0. The van der Waals surface area contributed by atoms with Crippen LogP contribution in [0.1, 0.15) is 25.7 Å². The number of carbonyl (C=O) groups excluding carboxylic acids is 1. The molecular weight excluding hydrogens is 323 g/mol. The summed E-state index contributed by atoms with van der Waals surface area (Å²) in [6.45, 7) is 3.72. The highest BCUT2D eigenvalue weighted by Gasteiger charge is 2.15. The molecule has 1 fully saturated rings. The SMILES string of the molecule is Cl.Cl.O=C(CCC1CCNC1)NCCCNc1ccccn1. The van der Waals surface area contributed by atoms with Crippen molar-refractivity contribution in [3.63, 3.8) is 0 Å². The molecule has 0 aliphatic carbocycles. The van der Waals surface area contributed by atoms with E-state index in [2.05, 4.69) is 20.9 Å². The molecule has 1 saturated heterocycles. The Balaban J connectivity index is 0.00000220. The summed E-state index contributed by atoms with van der Waals surface area (Å²) >= 11 is 0. The molecule has 2 rings (SSSR count). The number of nitrogens with one attached hydrogen (secondary N) is 3. The Kier molecular flexibility index (Phi) is 11.9. The number of rotatable bonds is 8. The second-order valence-electron chi connectivity index (χ2n) is 5.24. The first-order chi connectivity index (χ1) is 9.84. The summed E-state index contributed by atoms with van der Waals surface area (Å²) in [5.74, 6) is 1.74. The van der Waals surface area contributed by atoms with Crippen molar-refractivity contribution in [2.75, 3.05) is 31.5 Å². The van der Waals surface area contributed by atoms with Crippen LogP contribution in [0.25, 0.3) is 0 Å². The molecule has 1 atom stereocenters. The van der Waals surface area contributed by atoms with Crippen LogP contribution >= 0.6 is 24.8 Å². The van der Waals surface area contributed by atoms with Crippen molar-refractivity contribution in [1.82, 2.24) is 15.6 Å². The van der Waals surface area contributed by atoms with Gasteiger partial charge in [0.2, 0.25) is 5.91 Å². The highest BCUT2D eigenvalue weighted by atomic mass is 35.5. The average molecular weight is 349 g/mol. The van der Waals surface area contributed by atoms with Gasteiger partial charge in [-0.05, 0) is 50.4 Å². The van der Waals surface area contributed by atoms with Gasteiger partial charge in [0.25, 0.3) is 0 Å². The quantitative estimate of drug-likeness (QED) is 0.630. The monoisotopic (exact) mass is 348 g/mol. The molecule has 1 amide bonds. The first-order valence-electron chi connectivity index (χ1n) is 7.47. The van der Waals surface area contributed by atoms with E-state index in [-0.39, 0.29) is 30.7 Å². The van der Waals surface area contributed by atoms with Crippen molar-refractivity contribution >= 4 is 36.5 Å². The number of aromatic nitrogens is 1. The van der Waals surface area contributed by atoms with Crippen molar-refractivity contribution in [3.05, 3.63) is 24.4 Å². The van der Waals surface area contributed by atoms with Crippen LogP contribution in [0.4, 0.5) is 5.82 Å². The lowest BCUT2D eigenvalue weighted by atomic mass is 10.0. The van der Waals surface area contributed by atoms with Crippen LogP contribution < -0.4 is 16.0 Å². The molecule has 2 heterocycles. The van der Waals surface area contributed by atoms with Crippen LogP contribution in [0, 0.1) is 5.92 Å². The molecule has 1 unspecified atom stereocenters. The number of carbonyl (C=O) groups is 1. The molecule has 3 N–H and O–H groups in total. The van der Waals surface area contributed by atoms with Gasteiger partial charge < -0.3 is 16.0 Å². The van der Waals surface area contributed by atoms with Crippen LogP contribution in [0.15, 0.2) is 24.4 Å². The van der Waals surface area contributed by atoms with Gasteiger partial charge in [-0.3, -0.25) is 4.79 Å². The predicted octanol–water partition coefficient (Wildman–Crippen LogP) is 2.23. The minimum Gasteiger partial charge on any atom is -0.370 e. The van der Waals surface area contributed by atoms with Crippen molar-refractivity contribution in [2.24, 2.45) is 5.92 Å². The number of amides is 1. The van der Waals surface area contributed by atoms with Crippen molar-refractivity contribution in [1.29, 1.82) is 0 Å². The largest absolute Gasteiger partial charge is 0.370 e. The molecule has 7 heteroatoms. The van der Waals surface area contributed by atoms with Crippen LogP contribution in [-0.4, -0.2) is 37.1 Å². The third-order valence-electron chi connectivity index (χ3n) is 3.59.